The van der Waals surface area contributed by atoms with Crippen LogP contribution in [0.15, 0.2) is 40.4 Å². The van der Waals surface area contributed by atoms with Crippen LogP contribution in [0.4, 0.5) is 18.9 Å². The summed E-state index contributed by atoms with van der Waals surface area (Å²) in [5, 5.41) is 8.48. The van der Waals surface area contributed by atoms with E-state index < -0.39 is 22.7 Å². The normalized spacial score (nSPS) is 11.5. The first-order valence-electron chi connectivity index (χ1n) is 6.96. The highest BCUT2D eigenvalue weighted by molar-refractivity contribution is 7.14. The number of hydrogen-bond acceptors (Lipinski definition) is 4. The average Bonchev–Trinajstić information content (AvgIpc) is 3.19. The van der Waals surface area contributed by atoms with Gasteiger partial charge in [-0.3, -0.25) is 4.79 Å². The summed E-state index contributed by atoms with van der Waals surface area (Å²) in [6, 6.07) is 5.18. The van der Waals surface area contributed by atoms with Gasteiger partial charge in [-0.15, -0.1) is 11.3 Å². The quantitative estimate of drug-likeness (QED) is 0.606. The fourth-order valence-electron chi connectivity index (χ4n) is 2.10. The Morgan fingerprint density at radius 3 is 2.72 bits per heavy atom. The molecule has 3 nitrogen and oxygen atoms in total. The minimum Gasteiger partial charge on any atom is -0.326 e. The molecule has 0 atom stereocenters. The van der Waals surface area contributed by atoms with E-state index in [0.29, 0.717) is 5.69 Å². The summed E-state index contributed by atoms with van der Waals surface area (Å²) in [7, 11) is 0. The van der Waals surface area contributed by atoms with Crippen molar-refractivity contribution in [1.29, 1.82) is 0 Å². The summed E-state index contributed by atoms with van der Waals surface area (Å²) in [5.41, 5.74) is 0.596. The first-order chi connectivity index (χ1) is 11.8. The molecule has 1 aromatic carbocycles. The van der Waals surface area contributed by atoms with Gasteiger partial charge in [-0.1, -0.05) is 11.6 Å². The van der Waals surface area contributed by atoms with Crippen LogP contribution in [0.1, 0.15) is 11.3 Å². The molecule has 0 aliphatic carbocycles. The number of alkyl halides is 3. The Morgan fingerprint density at radius 2 is 2.04 bits per heavy atom. The van der Waals surface area contributed by atoms with E-state index in [2.05, 4.69) is 10.3 Å². The average molecular weight is 403 g/mol. The van der Waals surface area contributed by atoms with Gasteiger partial charge in [0, 0.05) is 22.0 Å². The number of benzene rings is 1. The second-order valence-electron chi connectivity index (χ2n) is 5.07. The zero-order valence-electron chi connectivity index (χ0n) is 12.4. The van der Waals surface area contributed by atoms with Gasteiger partial charge in [-0.2, -0.15) is 24.5 Å². The van der Waals surface area contributed by atoms with Gasteiger partial charge < -0.3 is 5.32 Å². The van der Waals surface area contributed by atoms with Crippen molar-refractivity contribution in [2.24, 2.45) is 0 Å². The molecule has 0 unspecified atom stereocenters. The van der Waals surface area contributed by atoms with Crippen molar-refractivity contribution >= 4 is 45.9 Å². The smallest absolute Gasteiger partial charge is 0.326 e. The Labute approximate surface area is 154 Å². The maximum atomic E-state index is 12.8. The third-order valence-corrected chi connectivity index (χ3v) is 5.17. The number of amides is 1. The van der Waals surface area contributed by atoms with E-state index in [1.54, 1.807) is 16.7 Å². The molecular weight excluding hydrogens is 393 g/mol. The van der Waals surface area contributed by atoms with Crippen LogP contribution < -0.4 is 5.32 Å². The molecule has 2 aromatic heterocycles. The van der Waals surface area contributed by atoms with E-state index >= 15 is 0 Å². The lowest BCUT2D eigenvalue weighted by atomic mass is 10.2. The number of halogens is 4. The van der Waals surface area contributed by atoms with Crippen LogP contribution in [0.25, 0.3) is 10.6 Å². The van der Waals surface area contributed by atoms with Gasteiger partial charge in [0.05, 0.1) is 22.7 Å². The first-order valence-corrected chi connectivity index (χ1v) is 9.16. The van der Waals surface area contributed by atoms with E-state index in [1.165, 1.54) is 17.4 Å². The fourth-order valence-corrected chi connectivity index (χ4v) is 3.85. The molecule has 3 rings (SSSR count). The predicted octanol–water partition coefficient (Wildman–Crippen LogP) is 5.73. The summed E-state index contributed by atoms with van der Waals surface area (Å²) in [6.45, 7) is 0. The molecule has 9 heteroatoms. The summed E-state index contributed by atoms with van der Waals surface area (Å²) in [6.07, 6.45) is -4.60. The molecule has 3 aromatic rings. The summed E-state index contributed by atoms with van der Waals surface area (Å²) in [4.78, 5) is 16.4. The van der Waals surface area contributed by atoms with E-state index in [1.807, 2.05) is 16.8 Å². The van der Waals surface area contributed by atoms with Crippen molar-refractivity contribution in [2.75, 3.05) is 5.32 Å². The highest BCUT2D eigenvalue weighted by Crippen LogP contribution is 2.36. The monoisotopic (exact) mass is 402 g/mol. The van der Waals surface area contributed by atoms with Crippen LogP contribution in [-0.2, 0) is 17.4 Å². The van der Waals surface area contributed by atoms with Crippen LogP contribution in [0, 0.1) is 0 Å². The number of carbonyl (C=O) groups is 1. The highest BCUT2D eigenvalue weighted by atomic mass is 35.5. The van der Waals surface area contributed by atoms with E-state index in [4.69, 9.17) is 11.6 Å². The highest BCUT2D eigenvalue weighted by Gasteiger charge is 2.33. The number of hydrogen-bond donors (Lipinski definition) is 1. The van der Waals surface area contributed by atoms with Crippen molar-refractivity contribution < 1.29 is 18.0 Å². The summed E-state index contributed by atoms with van der Waals surface area (Å²) >= 11 is 8.52. The molecule has 0 aliphatic rings. The first kappa shape index (κ1) is 17.9. The number of thiophene rings is 1. The Balaban J connectivity index is 1.69. The molecule has 0 saturated heterocycles. The van der Waals surface area contributed by atoms with Crippen LogP contribution in [-0.4, -0.2) is 10.9 Å². The Morgan fingerprint density at radius 1 is 1.24 bits per heavy atom. The van der Waals surface area contributed by atoms with Crippen LogP contribution in [0.3, 0.4) is 0 Å². The largest absolute Gasteiger partial charge is 0.417 e. The van der Waals surface area contributed by atoms with Gasteiger partial charge in [-0.25, -0.2) is 4.98 Å². The van der Waals surface area contributed by atoms with Gasteiger partial charge in [0.1, 0.15) is 5.01 Å². The second-order valence-corrected chi connectivity index (χ2v) is 7.12. The number of nitrogens with zero attached hydrogens (tertiary/aromatic N) is 1. The van der Waals surface area contributed by atoms with Crippen LogP contribution in [0.2, 0.25) is 5.02 Å². The number of rotatable bonds is 4. The SMILES string of the molecule is O=C(Cc1csc(-c2ccsc2)n1)Nc1ccc(Cl)c(C(F)(F)F)c1. The van der Waals surface area contributed by atoms with Crippen molar-refractivity contribution in [2.45, 2.75) is 12.6 Å². The molecule has 0 aliphatic heterocycles. The Bertz CT molecular complexity index is 891. The number of aromatic nitrogens is 1. The minimum absolute atomic E-state index is 0.0232. The van der Waals surface area contributed by atoms with E-state index in [-0.39, 0.29) is 12.1 Å². The summed E-state index contributed by atoms with van der Waals surface area (Å²) in [5.74, 6) is -0.447. The van der Waals surface area contributed by atoms with Gasteiger partial charge >= 0.3 is 6.18 Å². The molecule has 0 fully saturated rings. The maximum Gasteiger partial charge on any atom is 0.417 e. The van der Waals surface area contributed by atoms with Crippen molar-refractivity contribution in [3.63, 3.8) is 0 Å². The van der Waals surface area contributed by atoms with E-state index in [9.17, 15) is 18.0 Å². The van der Waals surface area contributed by atoms with E-state index in [0.717, 1.165) is 22.7 Å². The third-order valence-electron chi connectivity index (χ3n) is 3.22. The second kappa shape index (κ2) is 7.15. The molecule has 2 heterocycles. The zero-order valence-corrected chi connectivity index (χ0v) is 14.8. The van der Waals surface area contributed by atoms with Gasteiger partial charge in [0.2, 0.25) is 5.91 Å². The van der Waals surface area contributed by atoms with Crippen LogP contribution >= 0.6 is 34.3 Å². The lowest BCUT2D eigenvalue weighted by Crippen LogP contribution is -2.15. The molecular formula is C16H10ClF3N2OS2. The molecule has 25 heavy (non-hydrogen) atoms. The lowest BCUT2D eigenvalue weighted by molar-refractivity contribution is -0.137. The molecule has 0 saturated carbocycles. The topological polar surface area (TPSA) is 42.0 Å². The fraction of sp³-hybridized carbons (Fsp3) is 0.125. The molecule has 0 spiro atoms. The van der Waals surface area contributed by atoms with Gasteiger partial charge in [0.25, 0.3) is 0 Å². The van der Waals surface area contributed by atoms with Crippen LogP contribution in [0.5, 0.6) is 0 Å². The predicted molar refractivity (Wildman–Crippen MR) is 94.2 cm³/mol. The number of thiazole rings is 1. The third kappa shape index (κ3) is 4.39. The Kier molecular flexibility index (Phi) is 5.12. The number of anilines is 1. The molecule has 0 bridgehead atoms. The summed E-state index contributed by atoms with van der Waals surface area (Å²) < 4.78 is 38.5. The Hall–Kier alpha value is -1.90. The van der Waals surface area contributed by atoms with Crippen molar-refractivity contribution in [3.05, 3.63) is 56.7 Å². The van der Waals surface area contributed by atoms with Crippen molar-refractivity contribution in [1.82, 2.24) is 4.98 Å². The molecule has 130 valence electrons. The minimum atomic E-state index is -4.58. The number of nitrogens with one attached hydrogen (secondary N) is 1. The standard InChI is InChI=1S/C16H10ClF3N2OS2/c17-13-2-1-10(5-12(13)16(18,19)20)21-14(23)6-11-8-25-15(22-11)9-3-4-24-7-9/h1-5,7-8H,6H2,(H,21,23). The zero-order chi connectivity index (χ0) is 18.0. The van der Waals surface area contributed by atoms with Crippen molar-refractivity contribution in [3.8, 4) is 10.6 Å². The molecule has 1 N–H and O–H groups in total. The van der Waals surface area contributed by atoms with Gasteiger partial charge in [-0.05, 0) is 29.6 Å². The van der Waals surface area contributed by atoms with Gasteiger partial charge in [0.15, 0.2) is 0 Å². The molecule has 1 amide bonds. The lowest BCUT2D eigenvalue weighted by Gasteiger charge is -2.11. The maximum absolute atomic E-state index is 12.8. The number of carbonyl (C=O) groups excluding carboxylic acids is 1. The molecule has 0 radical (unpaired) electrons.